The first kappa shape index (κ1) is 12.0. The first-order valence-corrected chi connectivity index (χ1v) is 4.89. The molecule has 0 bridgehead atoms. The van der Waals surface area contributed by atoms with Gasteiger partial charge in [-0.05, 0) is 26.7 Å². The van der Waals surface area contributed by atoms with Crippen LogP contribution in [0.2, 0.25) is 0 Å². The third-order valence-electron chi connectivity index (χ3n) is 2.55. The molecule has 0 radical (unpaired) electrons. The van der Waals surface area contributed by atoms with Gasteiger partial charge < -0.3 is 15.2 Å². The van der Waals surface area contributed by atoms with Crippen LogP contribution in [-0.2, 0) is 14.3 Å². The maximum Gasteiger partial charge on any atom is 0.319 e. The van der Waals surface area contributed by atoms with Gasteiger partial charge in [-0.25, -0.2) is 0 Å². The molecule has 0 aromatic carbocycles. The molecule has 1 rings (SSSR count). The summed E-state index contributed by atoms with van der Waals surface area (Å²) < 4.78 is 4.94. The van der Waals surface area contributed by atoms with Crippen LogP contribution in [0.5, 0.6) is 0 Å². The van der Waals surface area contributed by atoms with E-state index in [1.54, 1.807) is 13.8 Å². The number of hydrogen-bond donors (Lipinski definition) is 2. The van der Waals surface area contributed by atoms with Crippen LogP contribution in [0.4, 0.5) is 0 Å². The number of nitrogens with one attached hydrogen (secondary N) is 1. The maximum atomic E-state index is 11.7. The average Bonchev–Trinajstić information content (AvgIpc) is 2.81. The van der Waals surface area contributed by atoms with Crippen molar-refractivity contribution in [1.82, 2.24) is 5.32 Å². The lowest BCUT2D eigenvalue weighted by molar-refractivity contribution is -0.149. The molecule has 0 aromatic heterocycles. The Labute approximate surface area is 88.8 Å². The summed E-state index contributed by atoms with van der Waals surface area (Å²) in [5.74, 6) is -1.44. The molecule has 1 amide bonds. The molecule has 0 saturated heterocycles. The van der Waals surface area contributed by atoms with E-state index in [1.165, 1.54) is 7.11 Å². The SMILES string of the molecule is COCC(C)(C)NC(=O)C1(C(=O)O)CC1. The van der Waals surface area contributed by atoms with Crippen LogP contribution in [0, 0.1) is 5.41 Å². The zero-order valence-electron chi connectivity index (χ0n) is 9.29. The van der Waals surface area contributed by atoms with E-state index < -0.39 is 22.8 Å². The van der Waals surface area contributed by atoms with Gasteiger partial charge in [0.1, 0.15) is 5.41 Å². The molecule has 1 aliphatic rings. The molecule has 0 atom stereocenters. The van der Waals surface area contributed by atoms with Gasteiger partial charge in [-0.2, -0.15) is 0 Å². The number of ether oxygens (including phenoxy) is 1. The van der Waals surface area contributed by atoms with Crippen molar-refractivity contribution in [3.8, 4) is 0 Å². The molecule has 86 valence electrons. The average molecular weight is 215 g/mol. The number of carboxylic acid groups (broad SMARTS) is 1. The molecule has 0 aliphatic heterocycles. The first-order valence-electron chi connectivity index (χ1n) is 4.89. The summed E-state index contributed by atoms with van der Waals surface area (Å²) in [6.45, 7) is 3.95. The second kappa shape index (κ2) is 3.81. The monoisotopic (exact) mass is 215 g/mol. The normalized spacial score (nSPS) is 18.3. The Bertz CT molecular complexity index is 281. The lowest BCUT2D eigenvalue weighted by atomic mass is 10.0. The number of amides is 1. The molecule has 5 heteroatoms. The molecule has 5 nitrogen and oxygen atoms in total. The van der Waals surface area contributed by atoms with Gasteiger partial charge in [0, 0.05) is 7.11 Å². The summed E-state index contributed by atoms with van der Waals surface area (Å²) in [5, 5.41) is 11.6. The molecular formula is C10H17NO4. The number of rotatable bonds is 5. The molecular weight excluding hydrogens is 198 g/mol. The van der Waals surface area contributed by atoms with Crippen LogP contribution in [0.1, 0.15) is 26.7 Å². The fraction of sp³-hybridized carbons (Fsp3) is 0.800. The number of aliphatic carboxylic acids is 1. The highest BCUT2D eigenvalue weighted by Crippen LogP contribution is 2.46. The van der Waals surface area contributed by atoms with Crippen molar-refractivity contribution in [3.63, 3.8) is 0 Å². The zero-order valence-corrected chi connectivity index (χ0v) is 9.29. The van der Waals surface area contributed by atoms with Crippen molar-refractivity contribution in [2.45, 2.75) is 32.2 Å². The maximum absolute atomic E-state index is 11.7. The van der Waals surface area contributed by atoms with Crippen molar-refractivity contribution in [2.24, 2.45) is 5.41 Å². The number of hydrogen-bond acceptors (Lipinski definition) is 3. The smallest absolute Gasteiger partial charge is 0.319 e. The number of carbonyl (C=O) groups is 2. The first-order chi connectivity index (χ1) is 6.84. The van der Waals surface area contributed by atoms with Crippen LogP contribution in [0.25, 0.3) is 0 Å². The van der Waals surface area contributed by atoms with E-state index in [2.05, 4.69) is 5.32 Å². The molecule has 15 heavy (non-hydrogen) atoms. The van der Waals surface area contributed by atoms with E-state index in [9.17, 15) is 9.59 Å². The van der Waals surface area contributed by atoms with Gasteiger partial charge in [-0.1, -0.05) is 0 Å². The summed E-state index contributed by atoms with van der Waals surface area (Å²) >= 11 is 0. The molecule has 0 spiro atoms. The quantitative estimate of drug-likeness (QED) is 0.650. The van der Waals surface area contributed by atoms with E-state index in [0.29, 0.717) is 19.4 Å². The van der Waals surface area contributed by atoms with Crippen LogP contribution in [0.15, 0.2) is 0 Å². The summed E-state index contributed by atoms with van der Waals surface area (Å²) in [4.78, 5) is 22.6. The van der Waals surface area contributed by atoms with E-state index in [4.69, 9.17) is 9.84 Å². The van der Waals surface area contributed by atoms with Gasteiger partial charge in [-0.3, -0.25) is 9.59 Å². The number of carboxylic acids is 1. The Morgan fingerprint density at radius 2 is 2.00 bits per heavy atom. The highest BCUT2D eigenvalue weighted by Gasteiger charge is 2.57. The minimum absolute atomic E-state index is 0.356. The summed E-state index contributed by atoms with van der Waals surface area (Å²) in [7, 11) is 1.54. The Balaban J connectivity index is 2.60. The molecule has 0 aromatic rings. The number of methoxy groups -OCH3 is 1. The molecule has 2 N–H and O–H groups in total. The lowest BCUT2D eigenvalue weighted by Crippen LogP contribution is -2.51. The van der Waals surface area contributed by atoms with E-state index in [1.807, 2.05) is 0 Å². The van der Waals surface area contributed by atoms with Crippen LogP contribution in [0.3, 0.4) is 0 Å². The predicted octanol–water partition coefficient (Wildman–Crippen LogP) is 0.392. The van der Waals surface area contributed by atoms with E-state index >= 15 is 0 Å². The van der Waals surface area contributed by atoms with Crippen molar-refractivity contribution >= 4 is 11.9 Å². The van der Waals surface area contributed by atoms with Crippen LogP contribution >= 0.6 is 0 Å². The molecule has 1 saturated carbocycles. The Morgan fingerprint density at radius 3 is 2.33 bits per heavy atom. The summed E-state index contributed by atoms with van der Waals surface area (Å²) in [6.07, 6.45) is 0.856. The van der Waals surface area contributed by atoms with E-state index in [-0.39, 0.29) is 0 Å². The van der Waals surface area contributed by atoms with Crippen LogP contribution < -0.4 is 5.32 Å². The van der Waals surface area contributed by atoms with Crippen molar-refractivity contribution < 1.29 is 19.4 Å². The molecule has 1 fully saturated rings. The second-order valence-electron chi connectivity index (χ2n) is 4.66. The fourth-order valence-corrected chi connectivity index (χ4v) is 1.49. The zero-order chi connectivity index (χ0) is 11.7. The number of carbonyl (C=O) groups excluding carboxylic acids is 1. The van der Waals surface area contributed by atoms with E-state index in [0.717, 1.165) is 0 Å². The third-order valence-corrected chi connectivity index (χ3v) is 2.55. The Morgan fingerprint density at radius 1 is 1.47 bits per heavy atom. The molecule has 1 aliphatic carbocycles. The van der Waals surface area contributed by atoms with Crippen molar-refractivity contribution in [3.05, 3.63) is 0 Å². The highest BCUT2D eigenvalue weighted by atomic mass is 16.5. The molecule has 0 heterocycles. The van der Waals surface area contributed by atoms with Gasteiger partial charge in [0.15, 0.2) is 0 Å². The van der Waals surface area contributed by atoms with Crippen LogP contribution in [-0.4, -0.2) is 36.2 Å². The van der Waals surface area contributed by atoms with Gasteiger partial charge in [-0.15, -0.1) is 0 Å². The molecule has 0 unspecified atom stereocenters. The Kier molecular flexibility index (Phi) is 3.04. The fourth-order valence-electron chi connectivity index (χ4n) is 1.49. The van der Waals surface area contributed by atoms with Crippen molar-refractivity contribution in [1.29, 1.82) is 0 Å². The second-order valence-corrected chi connectivity index (χ2v) is 4.66. The highest BCUT2D eigenvalue weighted by molar-refractivity contribution is 6.05. The third kappa shape index (κ3) is 2.47. The summed E-state index contributed by atoms with van der Waals surface area (Å²) in [5.41, 5.74) is -1.71. The van der Waals surface area contributed by atoms with Gasteiger partial charge in [0.05, 0.1) is 12.1 Å². The van der Waals surface area contributed by atoms with Gasteiger partial charge >= 0.3 is 5.97 Å². The van der Waals surface area contributed by atoms with Gasteiger partial charge in [0.25, 0.3) is 0 Å². The standard InChI is InChI=1S/C10H17NO4/c1-9(2,6-15-3)11-7(12)10(4-5-10)8(13)14/h4-6H2,1-3H3,(H,11,12)(H,13,14). The minimum Gasteiger partial charge on any atom is -0.480 e. The lowest BCUT2D eigenvalue weighted by Gasteiger charge is -2.26. The van der Waals surface area contributed by atoms with Crippen molar-refractivity contribution in [2.75, 3.05) is 13.7 Å². The van der Waals surface area contributed by atoms with Gasteiger partial charge in [0.2, 0.25) is 5.91 Å². The topological polar surface area (TPSA) is 75.6 Å². The largest absolute Gasteiger partial charge is 0.480 e. The Hall–Kier alpha value is -1.10. The predicted molar refractivity (Wildman–Crippen MR) is 53.4 cm³/mol. The minimum atomic E-state index is -1.18. The summed E-state index contributed by atoms with van der Waals surface area (Å²) in [6, 6.07) is 0.